The van der Waals surface area contributed by atoms with Crippen LogP contribution < -0.4 is 19.5 Å². The first-order valence-corrected chi connectivity index (χ1v) is 12.8. The molecule has 0 radical (unpaired) electrons. The molecule has 1 fully saturated rings. The van der Waals surface area contributed by atoms with Crippen molar-refractivity contribution in [3.8, 4) is 17.2 Å². The zero-order valence-electron chi connectivity index (χ0n) is 20.7. The minimum atomic E-state index is -3.53. The topological polar surface area (TPSA) is 106 Å². The summed E-state index contributed by atoms with van der Waals surface area (Å²) in [4.78, 5) is 7.02. The number of hydrogen-bond acceptors (Lipinski definition) is 9. The van der Waals surface area contributed by atoms with Gasteiger partial charge < -0.3 is 23.9 Å². The summed E-state index contributed by atoms with van der Waals surface area (Å²) in [5, 5.41) is 3.37. The van der Waals surface area contributed by atoms with Gasteiger partial charge in [0.25, 0.3) is 6.01 Å². The Balaban J connectivity index is 1.39. The Hall–Kier alpha value is -3.02. The Morgan fingerprint density at radius 3 is 2.31 bits per heavy atom. The highest BCUT2D eigenvalue weighted by atomic mass is 32.2. The van der Waals surface area contributed by atoms with Crippen LogP contribution >= 0.6 is 0 Å². The lowest BCUT2D eigenvalue weighted by Gasteiger charge is -2.32. The van der Waals surface area contributed by atoms with Crippen LogP contribution in [0.1, 0.15) is 18.4 Å². The molecule has 0 aliphatic carbocycles. The van der Waals surface area contributed by atoms with Gasteiger partial charge in [0.05, 0.1) is 26.2 Å². The number of anilines is 1. The number of sulfonamides is 1. The molecule has 1 saturated heterocycles. The van der Waals surface area contributed by atoms with Gasteiger partial charge in [-0.15, -0.1) is 0 Å². The highest BCUT2D eigenvalue weighted by Gasteiger charge is 2.23. The molecule has 1 aromatic heterocycles. The molecule has 1 aliphatic rings. The third-order valence-electron chi connectivity index (χ3n) is 6.23. The number of nitrogens with zero attached hydrogens (tertiary/aromatic N) is 3. The largest absolute Gasteiger partial charge is 0.496 e. The van der Waals surface area contributed by atoms with Gasteiger partial charge in [-0.2, -0.15) is 4.98 Å². The van der Waals surface area contributed by atoms with Crippen molar-refractivity contribution in [1.82, 2.24) is 14.2 Å². The third-order valence-corrected chi connectivity index (χ3v) is 8.04. The van der Waals surface area contributed by atoms with E-state index in [1.807, 2.05) is 12.1 Å². The number of benzene rings is 2. The number of piperidine rings is 1. The van der Waals surface area contributed by atoms with E-state index in [0.717, 1.165) is 43.8 Å². The first-order valence-electron chi connectivity index (χ1n) is 11.4. The SMILES string of the molecule is COc1cc(OC)c(OC)cc1CN1CCC(Nc2nc3cc(S(=O)(=O)N(C)C)ccc3o2)CC1. The average molecular weight is 505 g/mol. The number of aromatic nitrogens is 1. The van der Waals surface area contributed by atoms with Crippen molar-refractivity contribution in [3.63, 3.8) is 0 Å². The van der Waals surface area contributed by atoms with Crippen molar-refractivity contribution in [2.24, 2.45) is 0 Å². The molecule has 1 aliphatic heterocycles. The maximum atomic E-state index is 12.4. The average Bonchev–Trinajstić information content (AvgIpc) is 3.26. The molecule has 35 heavy (non-hydrogen) atoms. The van der Waals surface area contributed by atoms with E-state index in [-0.39, 0.29) is 10.9 Å². The van der Waals surface area contributed by atoms with Gasteiger partial charge in [0.2, 0.25) is 10.0 Å². The number of ether oxygens (including phenoxy) is 3. The number of rotatable bonds is 9. The second kappa shape index (κ2) is 10.3. The number of fused-ring (bicyclic) bond motifs is 1. The fraction of sp³-hybridized carbons (Fsp3) is 0.458. The Morgan fingerprint density at radius 2 is 1.69 bits per heavy atom. The van der Waals surface area contributed by atoms with Crippen LogP contribution in [-0.4, -0.2) is 77.2 Å². The third kappa shape index (κ3) is 5.31. The number of hydrogen-bond donors (Lipinski definition) is 1. The van der Waals surface area contributed by atoms with Gasteiger partial charge in [0.1, 0.15) is 11.3 Å². The molecule has 190 valence electrons. The molecule has 0 amide bonds. The minimum Gasteiger partial charge on any atom is -0.496 e. The van der Waals surface area contributed by atoms with Crippen LogP contribution in [0.5, 0.6) is 17.2 Å². The lowest BCUT2D eigenvalue weighted by molar-refractivity contribution is 0.207. The molecule has 2 heterocycles. The minimum absolute atomic E-state index is 0.189. The van der Waals surface area contributed by atoms with Crippen LogP contribution in [0.2, 0.25) is 0 Å². The molecule has 2 aromatic carbocycles. The predicted octanol–water partition coefficient (Wildman–Crippen LogP) is 3.18. The van der Waals surface area contributed by atoms with Crippen LogP contribution in [0.15, 0.2) is 39.6 Å². The summed E-state index contributed by atoms with van der Waals surface area (Å²) in [6.07, 6.45) is 1.82. The molecule has 0 bridgehead atoms. The lowest BCUT2D eigenvalue weighted by atomic mass is 10.0. The summed E-state index contributed by atoms with van der Waals surface area (Å²) in [5.74, 6) is 2.09. The maximum absolute atomic E-state index is 12.4. The zero-order valence-corrected chi connectivity index (χ0v) is 21.5. The van der Waals surface area contributed by atoms with Gasteiger partial charge in [0, 0.05) is 51.4 Å². The quantitative estimate of drug-likeness (QED) is 0.470. The molecule has 0 saturated carbocycles. The molecule has 0 spiro atoms. The predicted molar refractivity (Wildman–Crippen MR) is 133 cm³/mol. The second-order valence-corrected chi connectivity index (χ2v) is 10.8. The number of likely N-dealkylation sites (tertiary alicyclic amines) is 1. The Kier molecular flexibility index (Phi) is 7.39. The zero-order chi connectivity index (χ0) is 25.2. The van der Waals surface area contributed by atoms with Gasteiger partial charge in [-0.25, -0.2) is 12.7 Å². The van der Waals surface area contributed by atoms with Gasteiger partial charge >= 0.3 is 0 Å². The molecule has 1 N–H and O–H groups in total. The monoisotopic (exact) mass is 504 g/mol. The van der Waals surface area contributed by atoms with Crippen LogP contribution in [0.3, 0.4) is 0 Å². The summed E-state index contributed by atoms with van der Waals surface area (Å²) in [6, 6.07) is 9.14. The lowest BCUT2D eigenvalue weighted by Crippen LogP contribution is -2.38. The molecule has 11 heteroatoms. The van der Waals surface area contributed by atoms with E-state index in [2.05, 4.69) is 15.2 Å². The summed E-state index contributed by atoms with van der Waals surface area (Å²) in [5.41, 5.74) is 2.09. The number of nitrogens with one attached hydrogen (secondary N) is 1. The van der Waals surface area contributed by atoms with Gasteiger partial charge in [-0.1, -0.05) is 0 Å². The van der Waals surface area contributed by atoms with E-state index < -0.39 is 10.0 Å². The summed E-state index contributed by atoms with van der Waals surface area (Å²) >= 11 is 0. The van der Waals surface area contributed by atoms with Crippen LogP contribution in [-0.2, 0) is 16.6 Å². The Morgan fingerprint density at radius 1 is 1.03 bits per heavy atom. The molecule has 0 unspecified atom stereocenters. The smallest absolute Gasteiger partial charge is 0.295 e. The molecule has 10 nitrogen and oxygen atoms in total. The van der Waals surface area contributed by atoms with Crippen molar-refractivity contribution in [3.05, 3.63) is 35.9 Å². The summed E-state index contributed by atoms with van der Waals surface area (Å²) < 4.78 is 48.2. The highest BCUT2D eigenvalue weighted by Crippen LogP contribution is 2.35. The van der Waals surface area contributed by atoms with Crippen molar-refractivity contribution in [2.75, 3.05) is 53.8 Å². The van der Waals surface area contributed by atoms with E-state index in [1.54, 1.807) is 33.5 Å². The first-order chi connectivity index (χ1) is 16.7. The van der Waals surface area contributed by atoms with Crippen molar-refractivity contribution >= 4 is 27.1 Å². The maximum Gasteiger partial charge on any atom is 0.295 e. The van der Waals surface area contributed by atoms with Crippen molar-refractivity contribution < 1.29 is 27.0 Å². The normalized spacial score (nSPS) is 15.5. The Labute approximate surface area is 205 Å². The molecule has 3 aromatic rings. The Bertz CT molecular complexity index is 1280. The fourth-order valence-electron chi connectivity index (χ4n) is 4.21. The van der Waals surface area contributed by atoms with E-state index in [0.29, 0.717) is 28.6 Å². The van der Waals surface area contributed by atoms with Crippen LogP contribution in [0.25, 0.3) is 11.1 Å². The van der Waals surface area contributed by atoms with Crippen molar-refractivity contribution in [2.45, 2.75) is 30.3 Å². The van der Waals surface area contributed by atoms with Crippen LogP contribution in [0, 0.1) is 0 Å². The standard InChI is InChI=1S/C24H32N4O6S/c1-27(2)35(29,30)18-6-7-20-19(13-18)26-24(34-20)25-17-8-10-28(11-9-17)15-16-12-22(32-4)23(33-5)14-21(16)31-3/h6-7,12-14,17H,8-11,15H2,1-5H3,(H,25,26). The van der Waals surface area contributed by atoms with E-state index in [4.69, 9.17) is 18.6 Å². The fourth-order valence-corrected chi connectivity index (χ4v) is 5.13. The number of methoxy groups -OCH3 is 3. The molecular weight excluding hydrogens is 472 g/mol. The van der Waals surface area contributed by atoms with E-state index in [1.165, 1.54) is 24.5 Å². The van der Waals surface area contributed by atoms with Crippen molar-refractivity contribution in [1.29, 1.82) is 0 Å². The van der Waals surface area contributed by atoms with Gasteiger partial charge in [0.15, 0.2) is 17.1 Å². The van der Waals surface area contributed by atoms with Gasteiger partial charge in [-0.3, -0.25) is 4.90 Å². The van der Waals surface area contributed by atoms with E-state index in [9.17, 15) is 8.42 Å². The highest BCUT2D eigenvalue weighted by molar-refractivity contribution is 7.89. The first kappa shape index (κ1) is 25.1. The van der Waals surface area contributed by atoms with E-state index >= 15 is 0 Å². The summed E-state index contributed by atoms with van der Waals surface area (Å²) in [7, 11) is 4.36. The molecule has 4 rings (SSSR count). The molecular formula is C24H32N4O6S. The second-order valence-electron chi connectivity index (χ2n) is 8.65. The molecule has 0 atom stereocenters. The van der Waals surface area contributed by atoms with Gasteiger partial charge in [-0.05, 0) is 37.1 Å². The summed E-state index contributed by atoms with van der Waals surface area (Å²) in [6.45, 7) is 2.52. The number of oxazole rings is 1. The van der Waals surface area contributed by atoms with Crippen LogP contribution in [0.4, 0.5) is 6.01 Å².